The van der Waals surface area contributed by atoms with E-state index in [9.17, 15) is 5.11 Å². The highest BCUT2D eigenvalue weighted by molar-refractivity contribution is 7.99. The average molecular weight is 196 g/mol. The van der Waals surface area contributed by atoms with Crippen LogP contribution in [0.15, 0.2) is 23.1 Å². The maximum absolute atomic E-state index is 9.76. The zero-order valence-corrected chi connectivity index (χ0v) is 8.52. The van der Waals surface area contributed by atoms with E-state index in [-0.39, 0.29) is 0 Å². The SMILES string of the molecule is CC(C)(O)c1ccc2c(c1)OCS2. The topological polar surface area (TPSA) is 29.5 Å². The second-order valence-electron chi connectivity index (χ2n) is 3.63. The highest BCUT2D eigenvalue weighted by atomic mass is 32.2. The fourth-order valence-electron chi connectivity index (χ4n) is 1.28. The molecule has 0 aliphatic carbocycles. The van der Waals surface area contributed by atoms with E-state index in [0.29, 0.717) is 5.94 Å². The molecule has 3 heteroatoms. The number of benzene rings is 1. The van der Waals surface area contributed by atoms with Crippen LogP contribution >= 0.6 is 11.8 Å². The lowest BCUT2D eigenvalue weighted by Gasteiger charge is -2.17. The van der Waals surface area contributed by atoms with Crippen molar-refractivity contribution < 1.29 is 9.84 Å². The van der Waals surface area contributed by atoms with Gasteiger partial charge in [0.2, 0.25) is 0 Å². The summed E-state index contributed by atoms with van der Waals surface area (Å²) in [6.45, 7) is 3.55. The van der Waals surface area contributed by atoms with Crippen LogP contribution in [0.4, 0.5) is 0 Å². The third-order valence-electron chi connectivity index (χ3n) is 2.08. The Kier molecular flexibility index (Phi) is 2.00. The van der Waals surface area contributed by atoms with Gasteiger partial charge in [-0.3, -0.25) is 0 Å². The lowest BCUT2D eigenvalue weighted by molar-refractivity contribution is 0.0782. The zero-order valence-electron chi connectivity index (χ0n) is 7.70. The Labute approximate surface area is 81.9 Å². The summed E-state index contributed by atoms with van der Waals surface area (Å²) >= 11 is 1.68. The molecule has 2 nitrogen and oxygen atoms in total. The molecule has 0 fully saturated rings. The molecule has 1 N–H and O–H groups in total. The van der Waals surface area contributed by atoms with Crippen molar-refractivity contribution in [3.8, 4) is 5.75 Å². The van der Waals surface area contributed by atoms with E-state index in [4.69, 9.17) is 4.74 Å². The zero-order chi connectivity index (χ0) is 9.47. The summed E-state index contributed by atoms with van der Waals surface area (Å²) in [7, 11) is 0. The van der Waals surface area contributed by atoms with Gasteiger partial charge in [-0.2, -0.15) is 0 Å². The summed E-state index contributed by atoms with van der Waals surface area (Å²) in [5.74, 6) is 1.58. The maximum Gasteiger partial charge on any atom is 0.138 e. The molecule has 0 unspecified atom stereocenters. The molecule has 0 radical (unpaired) electrons. The molecular weight excluding hydrogens is 184 g/mol. The summed E-state index contributed by atoms with van der Waals surface area (Å²) in [5.41, 5.74) is 0.111. The van der Waals surface area contributed by atoms with E-state index in [1.54, 1.807) is 25.6 Å². The van der Waals surface area contributed by atoms with Crippen LogP contribution in [0.5, 0.6) is 5.75 Å². The van der Waals surface area contributed by atoms with Gasteiger partial charge in [-0.1, -0.05) is 17.8 Å². The fraction of sp³-hybridized carbons (Fsp3) is 0.400. The fourth-order valence-corrected chi connectivity index (χ4v) is 2.01. The van der Waals surface area contributed by atoms with Crippen LogP contribution in [0.25, 0.3) is 0 Å². The van der Waals surface area contributed by atoms with Crippen LogP contribution < -0.4 is 4.74 Å². The number of hydrogen-bond donors (Lipinski definition) is 1. The Morgan fingerprint density at radius 1 is 1.46 bits per heavy atom. The minimum absolute atomic E-state index is 0.685. The molecule has 70 valence electrons. The lowest BCUT2D eigenvalue weighted by Crippen LogP contribution is -2.15. The van der Waals surface area contributed by atoms with Crippen LogP contribution in [-0.2, 0) is 5.60 Å². The van der Waals surface area contributed by atoms with Crippen LogP contribution in [0, 0.1) is 0 Å². The number of thioether (sulfide) groups is 1. The van der Waals surface area contributed by atoms with Crippen molar-refractivity contribution in [3.05, 3.63) is 23.8 Å². The van der Waals surface area contributed by atoms with Gasteiger partial charge in [0.25, 0.3) is 0 Å². The minimum atomic E-state index is -0.786. The third-order valence-corrected chi connectivity index (χ3v) is 2.96. The molecule has 0 spiro atoms. The first-order valence-electron chi connectivity index (χ1n) is 4.20. The van der Waals surface area contributed by atoms with Gasteiger partial charge in [-0.05, 0) is 31.5 Å². The molecule has 1 aromatic rings. The summed E-state index contributed by atoms with van der Waals surface area (Å²) < 4.78 is 5.39. The summed E-state index contributed by atoms with van der Waals surface area (Å²) in [5, 5.41) is 9.76. The second-order valence-corrected chi connectivity index (χ2v) is 4.59. The first kappa shape index (κ1) is 8.91. The molecule has 1 aliphatic heterocycles. The maximum atomic E-state index is 9.76. The summed E-state index contributed by atoms with van der Waals surface area (Å²) in [6, 6.07) is 5.86. The molecule has 0 aromatic heterocycles. The van der Waals surface area contributed by atoms with E-state index < -0.39 is 5.60 Å². The van der Waals surface area contributed by atoms with E-state index >= 15 is 0 Å². The molecule has 0 amide bonds. The van der Waals surface area contributed by atoms with Crippen LogP contribution in [0.1, 0.15) is 19.4 Å². The molecule has 1 aromatic carbocycles. The van der Waals surface area contributed by atoms with Gasteiger partial charge >= 0.3 is 0 Å². The van der Waals surface area contributed by atoms with Gasteiger partial charge in [0, 0.05) is 0 Å². The molecule has 13 heavy (non-hydrogen) atoms. The van der Waals surface area contributed by atoms with Crippen LogP contribution in [0.2, 0.25) is 0 Å². The molecule has 1 aliphatic rings. The largest absolute Gasteiger partial charge is 0.481 e. The van der Waals surface area contributed by atoms with Crippen molar-refractivity contribution in [2.75, 3.05) is 5.94 Å². The van der Waals surface area contributed by atoms with Crippen molar-refractivity contribution >= 4 is 11.8 Å². The van der Waals surface area contributed by atoms with E-state index in [1.807, 2.05) is 18.2 Å². The second kappa shape index (κ2) is 2.93. The van der Waals surface area contributed by atoms with Crippen molar-refractivity contribution in [3.63, 3.8) is 0 Å². The average Bonchev–Trinajstić information content (AvgIpc) is 2.47. The van der Waals surface area contributed by atoms with E-state index in [1.165, 1.54) is 0 Å². The van der Waals surface area contributed by atoms with Gasteiger partial charge < -0.3 is 9.84 Å². The van der Waals surface area contributed by atoms with Crippen molar-refractivity contribution in [2.45, 2.75) is 24.3 Å². The lowest BCUT2D eigenvalue weighted by atomic mass is 9.98. The Morgan fingerprint density at radius 2 is 2.23 bits per heavy atom. The molecule has 1 heterocycles. The summed E-state index contributed by atoms with van der Waals surface area (Å²) in [6.07, 6.45) is 0. The van der Waals surface area contributed by atoms with Crippen LogP contribution in [0.3, 0.4) is 0 Å². The Morgan fingerprint density at radius 3 is 2.92 bits per heavy atom. The van der Waals surface area contributed by atoms with E-state index in [0.717, 1.165) is 16.2 Å². The summed E-state index contributed by atoms with van der Waals surface area (Å²) in [4.78, 5) is 1.16. The van der Waals surface area contributed by atoms with Crippen molar-refractivity contribution in [1.82, 2.24) is 0 Å². The highest BCUT2D eigenvalue weighted by Gasteiger charge is 2.20. The van der Waals surface area contributed by atoms with Crippen LogP contribution in [-0.4, -0.2) is 11.0 Å². The van der Waals surface area contributed by atoms with E-state index in [2.05, 4.69) is 0 Å². The first-order chi connectivity index (χ1) is 6.07. The monoisotopic (exact) mass is 196 g/mol. The molecule has 2 rings (SSSR count). The van der Waals surface area contributed by atoms with Gasteiger partial charge in [-0.15, -0.1) is 0 Å². The number of fused-ring (bicyclic) bond motifs is 1. The first-order valence-corrected chi connectivity index (χ1v) is 5.18. The van der Waals surface area contributed by atoms with Crippen molar-refractivity contribution in [2.24, 2.45) is 0 Å². The normalized spacial score (nSPS) is 15.3. The van der Waals surface area contributed by atoms with Gasteiger partial charge in [-0.25, -0.2) is 0 Å². The molecule has 0 bridgehead atoms. The predicted molar refractivity (Wildman–Crippen MR) is 53.0 cm³/mol. The minimum Gasteiger partial charge on any atom is -0.481 e. The molecular formula is C10H12O2S. The molecule has 0 atom stereocenters. The number of hydrogen-bond acceptors (Lipinski definition) is 3. The molecule has 0 saturated heterocycles. The van der Waals surface area contributed by atoms with Gasteiger partial charge in [0.15, 0.2) is 0 Å². The third kappa shape index (κ3) is 1.67. The van der Waals surface area contributed by atoms with Crippen molar-refractivity contribution in [1.29, 1.82) is 0 Å². The molecule has 0 saturated carbocycles. The highest BCUT2D eigenvalue weighted by Crippen LogP contribution is 2.38. The quantitative estimate of drug-likeness (QED) is 0.747. The number of aliphatic hydroxyl groups is 1. The Balaban J connectivity index is 2.42. The van der Waals surface area contributed by atoms with Gasteiger partial charge in [0.05, 0.1) is 10.5 Å². The number of ether oxygens (including phenoxy) is 1. The standard InChI is InChI=1S/C10H12O2S/c1-10(2,11)7-3-4-9-8(5-7)12-6-13-9/h3-5,11H,6H2,1-2H3. The Hall–Kier alpha value is -0.670. The smallest absolute Gasteiger partial charge is 0.138 e. The Bertz CT molecular complexity index is 328. The predicted octanol–water partition coefficient (Wildman–Crippen LogP) is 2.36. The number of rotatable bonds is 1. The van der Waals surface area contributed by atoms with Gasteiger partial charge in [0.1, 0.15) is 11.7 Å².